The maximum Gasteiger partial charge on any atom is 0.166 e. The molecule has 20 heavy (non-hydrogen) atoms. The number of rotatable bonds is 1. The highest BCUT2D eigenvalue weighted by molar-refractivity contribution is 9.10. The lowest BCUT2D eigenvalue weighted by molar-refractivity contribution is 0.432. The van der Waals surface area contributed by atoms with Gasteiger partial charge in [-0.1, -0.05) is 18.2 Å². The number of halogens is 2. The van der Waals surface area contributed by atoms with Gasteiger partial charge in [0.1, 0.15) is 10.7 Å². The molecule has 5 heteroatoms. The summed E-state index contributed by atoms with van der Waals surface area (Å²) in [5, 5.41) is 19.3. The first-order chi connectivity index (χ1) is 9.63. The summed E-state index contributed by atoms with van der Waals surface area (Å²) in [6.45, 7) is 0. The molecule has 0 fully saturated rings. The first-order valence-corrected chi connectivity index (χ1v) is 6.60. The fraction of sp³-hybridized carbons (Fsp3) is 0. The van der Waals surface area contributed by atoms with E-state index >= 15 is 0 Å². The summed E-state index contributed by atoms with van der Waals surface area (Å²) in [7, 11) is 0. The molecule has 0 bridgehead atoms. The first-order valence-electron chi connectivity index (χ1n) is 5.81. The van der Waals surface area contributed by atoms with Gasteiger partial charge < -0.3 is 9.67 Å². The van der Waals surface area contributed by atoms with Crippen LogP contribution in [0.1, 0.15) is 5.56 Å². The van der Waals surface area contributed by atoms with Crippen molar-refractivity contribution in [3.63, 3.8) is 0 Å². The van der Waals surface area contributed by atoms with Crippen molar-refractivity contribution < 1.29 is 9.50 Å². The Bertz CT molecular complexity index is 864. The molecule has 0 radical (unpaired) electrons. The van der Waals surface area contributed by atoms with E-state index in [2.05, 4.69) is 22.0 Å². The molecule has 1 heterocycles. The molecule has 98 valence electrons. The molecule has 1 N–H and O–H groups in total. The minimum atomic E-state index is -0.703. The standard InChI is InChI=1S/C15H8BrFN2O/c16-15-11(8-18)10-3-1-2-4-13(10)19(15)9-5-6-14(20)12(17)7-9/h1-7,20H. The number of para-hydroxylation sites is 1. The normalized spacial score (nSPS) is 10.7. The van der Waals surface area contributed by atoms with E-state index in [-0.39, 0.29) is 0 Å². The van der Waals surface area contributed by atoms with Crippen molar-refractivity contribution in [3.05, 3.63) is 58.4 Å². The van der Waals surface area contributed by atoms with Crippen LogP contribution >= 0.6 is 15.9 Å². The van der Waals surface area contributed by atoms with Gasteiger partial charge in [-0.05, 0) is 34.1 Å². The second kappa shape index (κ2) is 4.66. The Hall–Kier alpha value is -2.32. The quantitative estimate of drug-likeness (QED) is 0.729. The lowest BCUT2D eigenvalue weighted by atomic mass is 10.2. The van der Waals surface area contributed by atoms with Gasteiger partial charge in [0.05, 0.1) is 11.1 Å². The van der Waals surface area contributed by atoms with Gasteiger partial charge in [0.2, 0.25) is 0 Å². The van der Waals surface area contributed by atoms with E-state index in [4.69, 9.17) is 0 Å². The second-order valence-corrected chi connectivity index (χ2v) is 5.02. The molecule has 2 aromatic carbocycles. The number of benzene rings is 2. The molecule has 0 saturated heterocycles. The van der Waals surface area contributed by atoms with Crippen LogP contribution in [0.5, 0.6) is 5.75 Å². The molecule has 0 saturated carbocycles. The molecule has 0 aliphatic rings. The molecule has 1 aromatic heterocycles. The van der Waals surface area contributed by atoms with Crippen LogP contribution in [0.2, 0.25) is 0 Å². The monoisotopic (exact) mass is 330 g/mol. The van der Waals surface area contributed by atoms with Gasteiger partial charge in [-0.3, -0.25) is 0 Å². The lowest BCUT2D eigenvalue weighted by Crippen LogP contribution is -1.95. The summed E-state index contributed by atoms with van der Waals surface area (Å²) in [4.78, 5) is 0. The number of hydrogen-bond acceptors (Lipinski definition) is 2. The number of aromatic nitrogens is 1. The largest absolute Gasteiger partial charge is 0.505 e. The highest BCUT2D eigenvalue weighted by Gasteiger charge is 2.16. The maximum absolute atomic E-state index is 13.5. The third-order valence-electron chi connectivity index (χ3n) is 3.12. The van der Waals surface area contributed by atoms with Gasteiger partial charge in [-0.25, -0.2) is 4.39 Å². The third kappa shape index (κ3) is 1.77. The van der Waals surface area contributed by atoms with Crippen molar-refractivity contribution >= 4 is 26.8 Å². The van der Waals surface area contributed by atoms with Crippen LogP contribution in [0.3, 0.4) is 0 Å². The summed E-state index contributed by atoms with van der Waals surface area (Å²) in [6.07, 6.45) is 0. The van der Waals surface area contributed by atoms with Crippen LogP contribution in [-0.4, -0.2) is 9.67 Å². The topological polar surface area (TPSA) is 49.0 Å². The van der Waals surface area contributed by atoms with Crippen LogP contribution in [0, 0.1) is 17.1 Å². The molecule has 0 aliphatic carbocycles. The van der Waals surface area contributed by atoms with Crippen molar-refractivity contribution in [2.45, 2.75) is 0 Å². The summed E-state index contributed by atoms with van der Waals surface area (Å²) in [5.41, 5.74) is 1.82. The summed E-state index contributed by atoms with van der Waals surface area (Å²) < 4.78 is 15.8. The maximum atomic E-state index is 13.5. The lowest BCUT2D eigenvalue weighted by Gasteiger charge is -2.08. The smallest absolute Gasteiger partial charge is 0.166 e. The van der Waals surface area contributed by atoms with Crippen molar-refractivity contribution in [2.24, 2.45) is 0 Å². The van der Waals surface area contributed by atoms with E-state index in [1.807, 2.05) is 24.3 Å². The fourth-order valence-corrected chi connectivity index (χ4v) is 2.90. The third-order valence-corrected chi connectivity index (χ3v) is 3.87. The van der Waals surface area contributed by atoms with Gasteiger partial charge in [0.25, 0.3) is 0 Å². The van der Waals surface area contributed by atoms with Crippen LogP contribution in [-0.2, 0) is 0 Å². The predicted octanol–water partition coefficient (Wildman–Crippen LogP) is 4.11. The van der Waals surface area contributed by atoms with Crippen LogP contribution in [0.25, 0.3) is 16.6 Å². The second-order valence-electron chi connectivity index (χ2n) is 4.27. The molecule has 0 unspecified atom stereocenters. The van der Waals surface area contributed by atoms with Crippen molar-refractivity contribution in [3.8, 4) is 17.5 Å². The number of fused-ring (bicyclic) bond motifs is 1. The zero-order chi connectivity index (χ0) is 14.3. The fourth-order valence-electron chi connectivity index (χ4n) is 2.20. The molecule has 3 aromatic rings. The van der Waals surface area contributed by atoms with E-state index in [0.717, 1.165) is 10.9 Å². The minimum absolute atomic E-state index is 0.401. The highest BCUT2D eigenvalue weighted by Crippen LogP contribution is 2.33. The molecular formula is C15H8BrFN2O. The number of aromatic hydroxyl groups is 1. The zero-order valence-corrected chi connectivity index (χ0v) is 11.7. The average Bonchev–Trinajstić information content (AvgIpc) is 2.73. The Morgan fingerprint density at radius 3 is 2.65 bits per heavy atom. The molecule has 0 amide bonds. The number of nitriles is 1. The van der Waals surface area contributed by atoms with Crippen LogP contribution < -0.4 is 0 Å². The van der Waals surface area contributed by atoms with E-state index in [0.29, 0.717) is 15.9 Å². The minimum Gasteiger partial charge on any atom is -0.505 e. The molecule has 0 spiro atoms. The van der Waals surface area contributed by atoms with E-state index in [1.165, 1.54) is 12.1 Å². The van der Waals surface area contributed by atoms with Crippen molar-refractivity contribution in [2.75, 3.05) is 0 Å². The predicted molar refractivity (Wildman–Crippen MR) is 77.3 cm³/mol. The highest BCUT2D eigenvalue weighted by atomic mass is 79.9. The Morgan fingerprint density at radius 2 is 1.95 bits per heavy atom. The van der Waals surface area contributed by atoms with Gasteiger partial charge >= 0.3 is 0 Å². The molecule has 0 atom stereocenters. The first kappa shape index (κ1) is 12.7. The molecule has 3 nitrogen and oxygen atoms in total. The van der Waals surface area contributed by atoms with E-state index < -0.39 is 11.6 Å². The summed E-state index contributed by atoms with van der Waals surface area (Å²) in [5.74, 6) is -1.10. The number of phenolic OH excluding ortho intramolecular Hbond substituents is 1. The summed E-state index contributed by atoms with van der Waals surface area (Å²) >= 11 is 3.39. The zero-order valence-electron chi connectivity index (χ0n) is 10.1. The van der Waals surface area contributed by atoms with E-state index in [9.17, 15) is 14.8 Å². The summed E-state index contributed by atoms with van der Waals surface area (Å²) in [6, 6.07) is 13.6. The Labute approximate surface area is 122 Å². The van der Waals surface area contributed by atoms with Gasteiger partial charge in [-0.15, -0.1) is 0 Å². The number of nitrogens with zero attached hydrogens (tertiary/aromatic N) is 2. The molecular weight excluding hydrogens is 323 g/mol. The SMILES string of the molecule is N#Cc1c(Br)n(-c2ccc(O)c(F)c2)c2ccccc12. The van der Waals surface area contributed by atoms with Crippen molar-refractivity contribution in [1.82, 2.24) is 4.57 Å². The Morgan fingerprint density at radius 1 is 1.20 bits per heavy atom. The Balaban J connectivity index is 2.39. The average molecular weight is 331 g/mol. The van der Waals surface area contributed by atoms with Gasteiger partial charge in [0, 0.05) is 17.1 Å². The Kier molecular flexibility index (Phi) is 2.96. The van der Waals surface area contributed by atoms with Crippen molar-refractivity contribution in [1.29, 1.82) is 5.26 Å². The van der Waals surface area contributed by atoms with Gasteiger partial charge in [0.15, 0.2) is 11.6 Å². The van der Waals surface area contributed by atoms with Crippen LogP contribution in [0.15, 0.2) is 47.1 Å². The van der Waals surface area contributed by atoms with E-state index in [1.54, 1.807) is 10.6 Å². The van der Waals surface area contributed by atoms with Gasteiger partial charge in [-0.2, -0.15) is 5.26 Å². The molecule has 3 rings (SSSR count). The molecule has 0 aliphatic heterocycles. The van der Waals surface area contributed by atoms with Crippen LogP contribution in [0.4, 0.5) is 4.39 Å². The number of hydrogen-bond donors (Lipinski definition) is 1. The number of phenols is 1.